The van der Waals surface area contributed by atoms with Gasteiger partial charge in [0.15, 0.2) is 0 Å². The lowest BCUT2D eigenvalue weighted by atomic mass is 10.0. The van der Waals surface area contributed by atoms with Gasteiger partial charge in [0.1, 0.15) is 0 Å². The van der Waals surface area contributed by atoms with Crippen molar-refractivity contribution < 1.29 is 17.9 Å². The van der Waals surface area contributed by atoms with Crippen LogP contribution in [0.3, 0.4) is 0 Å². The monoisotopic (exact) mass is 371 g/mol. The number of amides is 1. The first kappa shape index (κ1) is 16.8. The number of hydrogen-bond acceptors (Lipinski definition) is 4. The maximum Gasteiger partial charge on any atom is 0.261 e. The molecule has 0 aliphatic carbocycles. The summed E-state index contributed by atoms with van der Waals surface area (Å²) in [5, 5.41) is 2.61. The number of ether oxygens (including phenoxy) is 1. The number of carbonyl (C=O) groups excluding carboxylic acids is 1. The standard InChI is InChI=1S/C12H12Cl3NO4S/c1-6-8(2-3-20-6)12(17)16-11-9(13)4-7(5-10(11)14)21(15,18)19/h4-6,8H,2-3H2,1H3,(H,16,17). The highest BCUT2D eigenvalue weighted by molar-refractivity contribution is 8.13. The topological polar surface area (TPSA) is 72.5 Å². The molecule has 2 rings (SSSR count). The largest absolute Gasteiger partial charge is 0.378 e. The van der Waals surface area contributed by atoms with E-state index in [4.69, 9.17) is 38.6 Å². The first-order valence-electron chi connectivity index (χ1n) is 6.06. The number of rotatable bonds is 3. The number of halogens is 3. The minimum Gasteiger partial charge on any atom is -0.378 e. The molecule has 1 aromatic rings. The molecule has 1 aliphatic rings. The molecule has 1 heterocycles. The average molecular weight is 373 g/mol. The molecule has 1 aromatic carbocycles. The summed E-state index contributed by atoms with van der Waals surface area (Å²) < 4.78 is 27.9. The number of hydrogen-bond donors (Lipinski definition) is 1. The number of carbonyl (C=O) groups is 1. The molecule has 21 heavy (non-hydrogen) atoms. The van der Waals surface area contributed by atoms with Crippen LogP contribution < -0.4 is 5.32 Å². The average Bonchev–Trinajstić information content (AvgIpc) is 2.78. The Kier molecular flexibility index (Phi) is 5.05. The van der Waals surface area contributed by atoms with Crippen LogP contribution >= 0.6 is 33.9 Å². The zero-order chi connectivity index (χ0) is 15.8. The van der Waals surface area contributed by atoms with Gasteiger partial charge in [0, 0.05) is 17.3 Å². The number of benzene rings is 1. The van der Waals surface area contributed by atoms with Crippen LogP contribution in [0.5, 0.6) is 0 Å². The summed E-state index contributed by atoms with van der Waals surface area (Å²) in [6.07, 6.45) is 0.418. The van der Waals surface area contributed by atoms with Crippen molar-refractivity contribution in [3.8, 4) is 0 Å². The molecular weight excluding hydrogens is 361 g/mol. The van der Waals surface area contributed by atoms with Crippen molar-refractivity contribution in [1.29, 1.82) is 0 Å². The Hall–Kier alpha value is -0.530. The predicted molar refractivity (Wildman–Crippen MR) is 81.7 cm³/mol. The Labute approximate surface area is 136 Å². The summed E-state index contributed by atoms with van der Waals surface area (Å²) in [7, 11) is 1.29. The highest BCUT2D eigenvalue weighted by atomic mass is 35.7. The second-order valence-corrected chi connectivity index (χ2v) is 8.04. The van der Waals surface area contributed by atoms with Gasteiger partial charge in [-0.3, -0.25) is 4.79 Å². The number of nitrogens with one attached hydrogen (secondary N) is 1. The molecule has 1 saturated heterocycles. The minimum absolute atomic E-state index is 0.00152. The van der Waals surface area contributed by atoms with Gasteiger partial charge in [-0.05, 0) is 25.5 Å². The Bertz CT molecular complexity index is 654. The van der Waals surface area contributed by atoms with Crippen LogP contribution in [0.1, 0.15) is 13.3 Å². The van der Waals surface area contributed by atoms with Gasteiger partial charge < -0.3 is 10.1 Å². The van der Waals surface area contributed by atoms with E-state index in [9.17, 15) is 13.2 Å². The summed E-state index contributed by atoms with van der Waals surface area (Å²) in [5.41, 5.74) is 0.159. The molecule has 0 bridgehead atoms. The summed E-state index contributed by atoms with van der Waals surface area (Å²) >= 11 is 11.9. The fourth-order valence-corrected chi connectivity index (χ4v) is 3.60. The highest BCUT2D eigenvalue weighted by Gasteiger charge is 2.31. The minimum atomic E-state index is -3.95. The van der Waals surface area contributed by atoms with Crippen molar-refractivity contribution in [2.45, 2.75) is 24.3 Å². The second-order valence-electron chi connectivity index (χ2n) is 4.66. The Balaban J connectivity index is 2.27. The van der Waals surface area contributed by atoms with Gasteiger partial charge in [-0.1, -0.05) is 23.2 Å². The van der Waals surface area contributed by atoms with Crippen molar-refractivity contribution in [1.82, 2.24) is 0 Å². The predicted octanol–water partition coefficient (Wildman–Crippen LogP) is 3.28. The fourth-order valence-electron chi connectivity index (χ4n) is 2.10. The van der Waals surface area contributed by atoms with E-state index in [0.717, 1.165) is 12.1 Å². The Morgan fingerprint density at radius 3 is 2.33 bits per heavy atom. The summed E-state index contributed by atoms with van der Waals surface area (Å²) in [6, 6.07) is 2.28. The van der Waals surface area contributed by atoms with Crippen LogP contribution in [-0.2, 0) is 18.6 Å². The SMILES string of the molecule is CC1OCCC1C(=O)Nc1c(Cl)cc(S(=O)(=O)Cl)cc1Cl. The molecule has 1 aliphatic heterocycles. The molecule has 5 nitrogen and oxygen atoms in total. The third-order valence-corrected chi connectivity index (χ3v) is 5.19. The lowest BCUT2D eigenvalue weighted by Crippen LogP contribution is -2.28. The van der Waals surface area contributed by atoms with E-state index in [1.54, 1.807) is 0 Å². The van der Waals surface area contributed by atoms with Crippen LogP contribution in [-0.4, -0.2) is 27.0 Å². The molecule has 0 saturated carbocycles. The van der Waals surface area contributed by atoms with Crippen LogP contribution in [0.15, 0.2) is 17.0 Å². The first-order chi connectivity index (χ1) is 9.70. The molecule has 1 amide bonds. The van der Waals surface area contributed by atoms with Crippen molar-refractivity contribution in [2.24, 2.45) is 5.92 Å². The van der Waals surface area contributed by atoms with Crippen LogP contribution in [0.2, 0.25) is 10.0 Å². The maximum atomic E-state index is 12.2. The van der Waals surface area contributed by atoms with E-state index in [-0.39, 0.29) is 38.6 Å². The molecule has 0 spiro atoms. The van der Waals surface area contributed by atoms with Gasteiger partial charge in [-0.2, -0.15) is 0 Å². The molecule has 2 unspecified atom stereocenters. The summed E-state index contributed by atoms with van der Waals surface area (Å²) in [5.74, 6) is -0.571. The van der Waals surface area contributed by atoms with E-state index in [2.05, 4.69) is 5.32 Å². The van der Waals surface area contributed by atoms with Crippen molar-refractivity contribution >= 4 is 54.5 Å². The van der Waals surface area contributed by atoms with Crippen molar-refractivity contribution in [3.05, 3.63) is 22.2 Å². The normalized spacial score (nSPS) is 22.3. The van der Waals surface area contributed by atoms with Gasteiger partial charge in [0.05, 0.1) is 32.7 Å². The van der Waals surface area contributed by atoms with Crippen molar-refractivity contribution in [2.75, 3.05) is 11.9 Å². The second kappa shape index (κ2) is 6.30. The lowest BCUT2D eigenvalue weighted by Gasteiger charge is -2.16. The van der Waals surface area contributed by atoms with Gasteiger partial charge in [-0.25, -0.2) is 8.42 Å². The molecule has 116 valence electrons. The molecule has 1 N–H and O–H groups in total. The van der Waals surface area contributed by atoms with Crippen LogP contribution in [0.4, 0.5) is 5.69 Å². The van der Waals surface area contributed by atoms with E-state index in [1.165, 1.54) is 0 Å². The van der Waals surface area contributed by atoms with Crippen molar-refractivity contribution in [3.63, 3.8) is 0 Å². The van der Waals surface area contributed by atoms with E-state index in [1.807, 2.05) is 6.92 Å². The van der Waals surface area contributed by atoms with Gasteiger partial charge in [0.2, 0.25) is 5.91 Å². The third-order valence-electron chi connectivity index (χ3n) is 3.26. The van der Waals surface area contributed by atoms with Gasteiger partial charge >= 0.3 is 0 Å². The lowest BCUT2D eigenvalue weighted by molar-refractivity contribution is -0.121. The number of anilines is 1. The zero-order valence-electron chi connectivity index (χ0n) is 10.9. The Morgan fingerprint density at radius 2 is 1.90 bits per heavy atom. The van der Waals surface area contributed by atoms with Gasteiger partial charge in [0.25, 0.3) is 9.05 Å². The molecule has 1 fully saturated rings. The Morgan fingerprint density at radius 1 is 1.33 bits per heavy atom. The third kappa shape index (κ3) is 3.81. The molecule has 0 radical (unpaired) electrons. The fraction of sp³-hybridized carbons (Fsp3) is 0.417. The summed E-state index contributed by atoms with van der Waals surface area (Å²) in [6.45, 7) is 2.33. The zero-order valence-corrected chi connectivity index (χ0v) is 14.0. The molecule has 9 heteroatoms. The molecule has 0 aromatic heterocycles. The van der Waals surface area contributed by atoms with Gasteiger partial charge in [-0.15, -0.1) is 0 Å². The summed E-state index contributed by atoms with van der Waals surface area (Å²) in [4.78, 5) is 11.9. The molecule has 2 atom stereocenters. The first-order valence-corrected chi connectivity index (χ1v) is 9.13. The van der Waals surface area contributed by atoms with Crippen LogP contribution in [0, 0.1) is 5.92 Å². The van der Waals surface area contributed by atoms with E-state index < -0.39 is 9.05 Å². The highest BCUT2D eigenvalue weighted by Crippen LogP contribution is 2.35. The van der Waals surface area contributed by atoms with Crippen LogP contribution in [0.25, 0.3) is 0 Å². The molecular formula is C12H12Cl3NO4S. The van der Waals surface area contributed by atoms with E-state index >= 15 is 0 Å². The smallest absolute Gasteiger partial charge is 0.261 e. The van der Waals surface area contributed by atoms with E-state index in [0.29, 0.717) is 13.0 Å². The maximum absolute atomic E-state index is 12.2. The quantitative estimate of drug-likeness (QED) is 0.826.